The molecule has 0 aliphatic rings. The van der Waals surface area contributed by atoms with Crippen molar-refractivity contribution >= 4 is 11.0 Å². The van der Waals surface area contributed by atoms with Gasteiger partial charge in [0.05, 0.1) is 38.5 Å². The van der Waals surface area contributed by atoms with E-state index in [-0.39, 0.29) is 19.6 Å². The van der Waals surface area contributed by atoms with E-state index < -0.39 is 62.0 Å². The molecule has 2 rings (SSSR count). The number of hydrogen-bond acceptors (Lipinski definition) is 11. The highest BCUT2D eigenvalue weighted by atomic mass is 16.4. The van der Waals surface area contributed by atoms with Crippen LogP contribution in [0.2, 0.25) is 0 Å². The van der Waals surface area contributed by atoms with E-state index in [4.69, 9.17) is 10.2 Å². The van der Waals surface area contributed by atoms with Crippen LogP contribution in [0.1, 0.15) is 25.8 Å². The molecule has 39 heavy (non-hydrogen) atoms. The summed E-state index contributed by atoms with van der Waals surface area (Å²) in [5.74, 6) is 0. The van der Waals surface area contributed by atoms with Gasteiger partial charge in [-0.3, -0.25) is 4.90 Å². The van der Waals surface area contributed by atoms with Crippen molar-refractivity contribution in [2.24, 2.45) is 0 Å². The fourth-order valence-electron chi connectivity index (χ4n) is 4.63. The molecule has 2 aromatic rings. The number of fused-ring (bicyclic) bond motifs is 1. The molecule has 13 heteroatoms. The molecule has 1 heterocycles. The van der Waals surface area contributed by atoms with Crippen LogP contribution in [0, 0.1) is 0 Å². The van der Waals surface area contributed by atoms with Gasteiger partial charge >= 0.3 is 0 Å². The molecule has 224 valence electrons. The SMILES string of the molecule is CCn1c[n+](CC)c2cc(CCCN(C[C@H](O)[C@@H](O)[C@H](O)[C@H](O)CO)C[C@H](O)[C@@H](O)[C@H](O)[C@H](O)CO)ccc21. The minimum Gasteiger partial charge on any atom is -0.394 e. The van der Waals surface area contributed by atoms with Crippen molar-refractivity contribution in [1.29, 1.82) is 0 Å². The van der Waals surface area contributed by atoms with Crippen molar-refractivity contribution in [2.75, 3.05) is 32.8 Å². The quantitative estimate of drug-likeness (QED) is 0.0795. The average Bonchev–Trinajstić information content (AvgIpc) is 3.31. The molecule has 0 saturated carbocycles. The number of aliphatic hydroxyl groups excluding tert-OH is 10. The molecule has 0 saturated heterocycles. The Bertz CT molecular complexity index is 962. The molecular weight excluding hydrogens is 514 g/mol. The first kappa shape index (κ1) is 33.5. The zero-order chi connectivity index (χ0) is 29.3. The van der Waals surface area contributed by atoms with Gasteiger partial charge in [0.25, 0.3) is 0 Å². The largest absolute Gasteiger partial charge is 0.394 e. The zero-order valence-electron chi connectivity index (χ0n) is 22.6. The van der Waals surface area contributed by atoms with E-state index in [2.05, 4.69) is 41.4 Å². The number of aliphatic hydroxyl groups is 10. The molecule has 0 unspecified atom stereocenters. The standard InChI is InChI=1S/C26H46N3O10/c1-3-28-15-29(4-2)18-10-16(7-8-17(18)28)6-5-9-27(11-19(32)23(36)25(38)21(34)13-30)12-20(33)24(37)26(39)22(35)14-31/h7-8,10,15,19-26,30-39H,3-6,9,11-14H2,1-2H3/q+1/t19-,20-,21+,22+,23+,24+,25+,26+/m0/s1. The Morgan fingerprint density at radius 3 is 1.74 bits per heavy atom. The molecule has 8 atom stereocenters. The molecular formula is C26H46N3O10+. The van der Waals surface area contributed by atoms with Crippen LogP contribution in [0.4, 0.5) is 0 Å². The third kappa shape index (κ3) is 8.87. The van der Waals surface area contributed by atoms with Crippen LogP contribution in [-0.2, 0) is 19.5 Å². The summed E-state index contributed by atoms with van der Waals surface area (Å²) in [5, 5.41) is 98.6. The minimum absolute atomic E-state index is 0.270. The van der Waals surface area contributed by atoms with E-state index in [1.165, 1.54) is 4.90 Å². The molecule has 0 spiro atoms. The maximum absolute atomic E-state index is 10.5. The van der Waals surface area contributed by atoms with Gasteiger partial charge in [0, 0.05) is 13.1 Å². The maximum Gasteiger partial charge on any atom is 0.244 e. The van der Waals surface area contributed by atoms with Crippen LogP contribution in [0.15, 0.2) is 24.5 Å². The van der Waals surface area contributed by atoms with Gasteiger partial charge in [-0.25, -0.2) is 9.13 Å². The van der Waals surface area contributed by atoms with Gasteiger partial charge in [0.15, 0.2) is 11.0 Å². The first-order valence-corrected chi connectivity index (χ1v) is 13.4. The third-order valence-electron chi connectivity index (χ3n) is 7.10. The second-order valence-electron chi connectivity index (χ2n) is 9.97. The van der Waals surface area contributed by atoms with E-state index in [0.717, 1.165) is 29.7 Å². The second kappa shape index (κ2) is 15.9. The van der Waals surface area contributed by atoms with E-state index >= 15 is 0 Å². The van der Waals surface area contributed by atoms with Gasteiger partial charge in [-0.2, -0.15) is 0 Å². The predicted molar refractivity (Wildman–Crippen MR) is 140 cm³/mol. The number of aromatic nitrogens is 2. The van der Waals surface area contributed by atoms with Gasteiger partial charge in [-0.05, 0) is 50.9 Å². The van der Waals surface area contributed by atoms with Crippen LogP contribution in [-0.4, -0.2) is 142 Å². The van der Waals surface area contributed by atoms with Crippen molar-refractivity contribution in [3.8, 4) is 0 Å². The van der Waals surface area contributed by atoms with Crippen molar-refractivity contribution in [2.45, 2.75) is 88.6 Å². The number of aryl methyl sites for hydroxylation is 3. The molecule has 13 nitrogen and oxygen atoms in total. The summed E-state index contributed by atoms with van der Waals surface area (Å²) in [5.41, 5.74) is 3.27. The normalized spacial score (nSPS) is 18.6. The van der Waals surface area contributed by atoms with Gasteiger partial charge in [0.1, 0.15) is 36.6 Å². The number of hydrogen-bond donors (Lipinski definition) is 10. The fourth-order valence-corrected chi connectivity index (χ4v) is 4.63. The van der Waals surface area contributed by atoms with E-state index in [9.17, 15) is 40.9 Å². The lowest BCUT2D eigenvalue weighted by molar-refractivity contribution is -0.668. The Kier molecular flexibility index (Phi) is 13.6. The van der Waals surface area contributed by atoms with Crippen LogP contribution < -0.4 is 4.57 Å². The number of imidazole rings is 1. The van der Waals surface area contributed by atoms with Crippen molar-refractivity contribution in [1.82, 2.24) is 9.47 Å². The molecule has 0 amide bonds. The predicted octanol–water partition coefficient (Wildman–Crippen LogP) is -3.92. The summed E-state index contributed by atoms with van der Waals surface area (Å²) in [6.07, 6.45) is -10.6. The summed E-state index contributed by atoms with van der Waals surface area (Å²) < 4.78 is 4.32. The van der Waals surface area contributed by atoms with Gasteiger partial charge in [-0.1, -0.05) is 6.07 Å². The highest BCUT2D eigenvalue weighted by Crippen LogP contribution is 2.16. The van der Waals surface area contributed by atoms with E-state index in [1.54, 1.807) is 0 Å². The topological polar surface area (TPSA) is 214 Å². The van der Waals surface area contributed by atoms with Crippen LogP contribution >= 0.6 is 0 Å². The zero-order valence-corrected chi connectivity index (χ0v) is 22.6. The van der Waals surface area contributed by atoms with E-state index in [0.29, 0.717) is 12.8 Å². The maximum atomic E-state index is 10.5. The lowest BCUT2D eigenvalue weighted by atomic mass is 10.0. The Morgan fingerprint density at radius 1 is 0.769 bits per heavy atom. The Hall–Kier alpha value is -1.75. The molecule has 1 aromatic heterocycles. The van der Waals surface area contributed by atoms with Gasteiger partial charge in [0.2, 0.25) is 6.33 Å². The molecule has 1 aromatic carbocycles. The summed E-state index contributed by atoms with van der Waals surface area (Å²) in [6.45, 7) is 3.85. The molecule has 0 aliphatic carbocycles. The Balaban J connectivity index is 2.13. The summed E-state index contributed by atoms with van der Waals surface area (Å²) in [4.78, 5) is 1.51. The highest BCUT2D eigenvalue weighted by molar-refractivity contribution is 5.72. The lowest BCUT2D eigenvalue weighted by Crippen LogP contribution is -2.53. The van der Waals surface area contributed by atoms with Crippen LogP contribution in [0.5, 0.6) is 0 Å². The molecule has 0 bridgehead atoms. The van der Waals surface area contributed by atoms with Crippen molar-refractivity contribution in [3.05, 3.63) is 30.1 Å². The molecule has 0 aliphatic heterocycles. The molecule has 10 N–H and O–H groups in total. The van der Waals surface area contributed by atoms with E-state index in [1.807, 2.05) is 6.07 Å². The lowest BCUT2D eigenvalue weighted by Gasteiger charge is -2.33. The fraction of sp³-hybridized carbons (Fsp3) is 0.731. The van der Waals surface area contributed by atoms with Gasteiger partial charge < -0.3 is 51.1 Å². The van der Waals surface area contributed by atoms with Crippen LogP contribution in [0.3, 0.4) is 0 Å². The summed E-state index contributed by atoms with van der Waals surface area (Å²) in [6, 6.07) is 6.18. The highest BCUT2D eigenvalue weighted by Gasteiger charge is 2.34. The average molecular weight is 561 g/mol. The van der Waals surface area contributed by atoms with Gasteiger partial charge in [-0.15, -0.1) is 0 Å². The first-order valence-electron chi connectivity index (χ1n) is 13.4. The molecule has 0 fully saturated rings. The second-order valence-corrected chi connectivity index (χ2v) is 9.97. The third-order valence-corrected chi connectivity index (χ3v) is 7.10. The van der Waals surface area contributed by atoms with Crippen LogP contribution in [0.25, 0.3) is 11.0 Å². The Morgan fingerprint density at radius 2 is 1.28 bits per heavy atom. The monoisotopic (exact) mass is 560 g/mol. The minimum atomic E-state index is -1.82. The van der Waals surface area contributed by atoms with Crippen molar-refractivity contribution < 1.29 is 55.6 Å². The summed E-state index contributed by atoms with van der Waals surface area (Å²) >= 11 is 0. The first-order chi connectivity index (χ1) is 18.5. The number of rotatable bonds is 18. The summed E-state index contributed by atoms with van der Waals surface area (Å²) in [7, 11) is 0. The van der Waals surface area contributed by atoms with Crippen molar-refractivity contribution in [3.63, 3.8) is 0 Å². The number of nitrogens with zero attached hydrogens (tertiary/aromatic N) is 3. The Labute approximate surface area is 228 Å². The number of benzene rings is 1. The molecule has 0 radical (unpaired) electrons. The smallest absolute Gasteiger partial charge is 0.244 e.